The fourth-order valence-corrected chi connectivity index (χ4v) is 4.24. The van der Waals surface area contributed by atoms with Crippen molar-refractivity contribution in [1.82, 2.24) is 19.9 Å². The van der Waals surface area contributed by atoms with E-state index in [9.17, 15) is 10.1 Å². The van der Waals surface area contributed by atoms with Crippen molar-refractivity contribution < 1.29 is 4.79 Å². The Morgan fingerprint density at radius 1 is 1.06 bits per heavy atom. The van der Waals surface area contributed by atoms with Crippen molar-refractivity contribution in [2.24, 2.45) is 0 Å². The molecular formula is C26H23N7O. The lowest BCUT2D eigenvalue weighted by Crippen LogP contribution is -2.32. The molecule has 1 saturated carbocycles. The quantitative estimate of drug-likeness (QED) is 0.456. The predicted molar refractivity (Wildman–Crippen MR) is 130 cm³/mol. The number of carbonyl (C=O) groups is 1. The third-order valence-corrected chi connectivity index (χ3v) is 6.44. The molecule has 0 spiro atoms. The van der Waals surface area contributed by atoms with Gasteiger partial charge in [-0.1, -0.05) is 0 Å². The van der Waals surface area contributed by atoms with E-state index in [-0.39, 0.29) is 11.6 Å². The highest BCUT2D eigenvalue weighted by atomic mass is 16.1. The molecule has 1 amide bonds. The van der Waals surface area contributed by atoms with Gasteiger partial charge in [0, 0.05) is 53.9 Å². The maximum absolute atomic E-state index is 12.9. The number of rotatable bonds is 5. The number of hydrogen-bond acceptors (Lipinski definition) is 7. The van der Waals surface area contributed by atoms with Crippen LogP contribution in [-0.2, 0) is 5.41 Å². The zero-order valence-electron chi connectivity index (χ0n) is 19.0. The van der Waals surface area contributed by atoms with E-state index >= 15 is 0 Å². The number of hydrogen-bond donors (Lipinski definition) is 2. The van der Waals surface area contributed by atoms with Crippen LogP contribution in [0.4, 0.5) is 11.5 Å². The number of fused-ring (bicyclic) bond motifs is 1. The van der Waals surface area contributed by atoms with Crippen LogP contribution >= 0.6 is 0 Å². The molecule has 1 aliphatic carbocycles. The highest BCUT2D eigenvalue weighted by molar-refractivity contribution is 6.03. The van der Waals surface area contributed by atoms with Crippen LogP contribution in [0.2, 0.25) is 0 Å². The molecule has 0 unspecified atom stereocenters. The number of aromatic nitrogens is 4. The van der Waals surface area contributed by atoms with Crippen LogP contribution in [0.5, 0.6) is 0 Å². The van der Waals surface area contributed by atoms with E-state index in [0.717, 1.165) is 58.4 Å². The van der Waals surface area contributed by atoms with Gasteiger partial charge in [-0.25, -0.2) is 4.98 Å². The summed E-state index contributed by atoms with van der Waals surface area (Å²) >= 11 is 0. The van der Waals surface area contributed by atoms with Gasteiger partial charge in [-0.2, -0.15) is 5.26 Å². The Kier molecular flexibility index (Phi) is 5.38. The van der Waals surface area contributed by atoms with E-state index in [1.165, 1.54) is 0 Å². The molecule has 1 fully saturated rings. The van der Waals surface area contributed by atoms with Gasteiger partial charge in [-0.3, -0.25) is 19.7 Å². The molecule has 4 aromatic heterocycles. The van der Waals surface area contributed by atoms with Crippen LogP contribution in [0.1, 0.15) is 41.0 Å². The highest BCUT2D eigenvalue weighted by Crippen LogP contribution is 2.43. The Bertz CT molecular complexity index is 1450. The monoisotopic (exact) mass is 449 g/mol. The summed E-state index contributed by atoms with van der Waals surface area (Å²) in [6.45, 7) is 1.92. The van der Waals surface area contributed by atoms with Gasteiger partial charge in [0.05, 0.1) is 28.9 Å². The summed E-state index contributed by atoms with van der Waals surface area (Å²) in [5.41, 5.74) is 4.59. The number of aryl methyl sites for hydroxylation is 1. The maximum atomic E-state index is 12.9. The second-order valence-corrected chi connectivity index (χ2v) is 8.52. The molecule has 5 rings (SSSR count). The molecule has 0 aliphatic heterocycles. The van der Waals surface area contributed by atoms with Crippen LogP contribution in [-0.4, -0.2) is 32.9 Å². The van der Waals surface area contributed by atoms with Crippen molar-refractivity contribution in [2.75, 3.05) is 17.7 Å². The van der Waals surface area contributed by atoms with Gasteiger partial charge >= 0.3 is 0 Å². The first kappa shape index (κ1) is 21.5. The molecule has 8 heteroatoms. The van der Waals surface area contributed by atoms with Crippen LogP contribution < -0.4 is 10.6 Å². The van der Waals surface area contributed by atoms with Crippen LogP contribution in [0, 0.1) is 18.3 Å². The molecule has 8 nitrogen and oxygen atoms in total. The molecule has 0 atom stereocenters. The summed E-state index contributed by atoms with van der Waals surface area (Å²) in [5, 5.41) is 16.4. The molecule has 0 radical (unpaired) electrons. The third-order valence-electron chi connectivity index (χ3n) is 6.44. The smallest absolute Gasteiger partial charge is 0.274 e. The summed E-state index contributed by atoms with van der Waals surface area (Å²) in [6.07, 6.45) is 9.43. The molecule has 0 aromatic carbocycles. The second-order valence-electron chi connectivity index (χ2n) is 8.52. The minimum absolute atomic E-state index is 0.278. The normalized spacial score (nSPS) is 14.1. The first-order valence-corrected chi connectivity index (χ1v) is 11.1. The number of nitrogens with one attached hydrogen (secondary N) is 2. The first-order chi connectivity index (χ1) is 16.5. The van der Waals surface area contributed by atoms with E-state index in [1.807, 2.05) is 38.2 Å². The zero-order chi connectivity index (χ0) is 23.7. The number of pyridine rings is 4. The average Bonchev–Trinajstić information content (AvgIpc) is 2.84. The minimum atomic E-state index is -0.498. The Morgan fingerprint density at radius 2 is 1.91 bits per heavy atom. The SMILES string of the molecule is CNc1cc2ncc(-c3cc(NC(=O)c4cc(C5(C#N)CCC5)ccn4)cnc3C)cc2cn1. The molecule has 34 heavy (non-hydrogen) atoms. The summed E-state index contributed by atoms with van der Waals surface area (Å²) < 4.78 is 0. The highest BCUT2D eigenvalue weighted by Gasteiger charge is 2.39. The van der Waals surface area contributed by atoms with Crippen molar-refractivity contribution in [3.05, 3.63) is 72.1 Å². The van der Waals surface area contributed by atoms with Crippen molar-refractivity contribution >= 4 is 28.3 Å². The Morgan fingerprint density at radius 3 is 2.65 bits per heavy atom. The molecule has 2 N–H and O–H groups in total. The molecule has 1 aliphatic rings. The number of nitriles is 1. The molecule has 4 aromatic rings. The lowest BCUT2D eigenvalue weighted by Gasteiger charge is -2.35. The Labute approximate surface area is 197 Å². The zero-order valence-corrected chi connectivity index (χ0v) is 19.0. The number of anilines is 2. The topological polar surface area (TPSA) is 116 Å². The van der Waals surface area contributed by atoms with E-state index < -0.39 is 5.41 Å². The lowest BCUT2D eigenvalue weighted by atomic mass is 9.66. The number of carbonyl (C=O) groups excluding carboxylic acids is 1. The summed E-state index contributed by atoms with van der Waals surface area (Å²) in [6, 6.07) is 11.7. The summed E-state index contributed by atoms with van der Waals surface area (Å²) in [5.74, 6) is 0.414. The van der Waals surface area contributed by atoms with E-state index in [1.54, 1.807) is 30.9 Å². The van der Waals surface area contributed by atoms with Crippen molar-refractivity contribution in [3.63, 3.8) is 0 Å². The van der Waals surface area contributed by atoms with Crippen molar-refractivity contribution in [3.8, 4) is 17.2 Å². The van der Waals surface area contributed by atoms with Gasteiger partial charge in [0.25, 0.3) is 5.91 Å². The largest absolute Gasteiger partial charge is 0.373 e. The maximum Gasteiger partial charge on any atom is 0.274 e. The third kappa shape index (κ3) is 3.82. The molecule has 0 bridgehead atoms. The molecule has 168 valence electrons. The Balaban J connectivity index is 1.42. The van der Waals surface area contributed by atoms with Gasteiger partial charge in [-0.15, -0.1) is 0 Å². The summed E-state index contributed by atoms with van der Waals surface area (Å²) in [4.78, 5) is 30.6. The number of amides is 1. The van der Waals surface area contributed by atoms with Gasteiger partial charge in [-0.05, 0) is 56.0 Å². The van der Waals surface area contributed by atoms with E-state index in [4.69, 9.17) is 0 Å². The molecule has 0 saturated heterocycles. The van der Waals surface area contributed by atoms with Gasteiger partial charge in [0.2, 0.25) is 0 Å². The lowest BCUT2D eigenvalue weighted by molar-refractivity contribution is 0.102. The second kappa shape index (κ2) is 8.52. The van der Waals surface area contributed by atoms with Gasteiger partial charge < -0.3 is 10.6 Å². The fourth-order valence-electron chi connectivity index (χ4n) is 4.24. The van der Waals surface area contributed by atoms with Crippen molar-refractivity contribution in [2.45, 2.75) is 31.6 Å². The standard InChI is InChI=1S/C26H23N7O/c1-16-21(17-8-18-13-32-24(28-2)11-22(18)31-12-17)10-20(14-30-16)33-25(34)23-9-19(4-7-29-23)26(15-27)5-3-6-26/h4,7-14H,3,5-6H2,1-2H3,(H,28,32)(H,33,34). The summed E-state index contributed by atoms with van der Waals surface area (Å²) in [7, 11) is 1.82. The molecular weight excluding hydrogens is 426 g/mol. The predicted octanol–water partition coefficient (Wildman–Crippen LogP) is 4.63. The minimum Gasteiger partial charge on any atom is -0.373 e. The van der Waals surface area contributed by atoms with Crippen LogP contribution in [0.25, 0.3) is 22.0 Å². The van der Waals surface area contributed by atoms with Crippen LogP contribution in [0.15, 0.2) is 55.1 Å². The van der Waals surface area contributed by atoms with E-state index in [0.29, 0.717) is 5.69 Å². The van der Waals surface area contributed by atoms with Gasteiger partial charge in [0.15, 0.2) is 0 Å². The van der Waals surface area contributed by atoms with E-state index in [2.05, 4.69) is 36.6 Å². The molecule has 4 heterocycles. The van der Waals surface area contributed by atoms with Crippen molar-refractivity contribution in [1.29, 1.82) is 5.26 Å². The number of nitrogens with zero attached hydrogens (tertiary/aromatic N) is 5. The average molecular weight is 450 g/mol. The Hall–Kier alpha value is -4.38. The van der Waals surface area contributed by atoms with Crippen LogP contribution in [0.3, 0.4) is 0 Å². The van der Waals surface area contributed by atoms with Gasteiger partial charge in [0.1, 0.15) is 11.5 Å². The first-order valence-electron chi connectivity index (χ1n) is 11.1. The fraction of sp³-hybridized carbons (Fsp3) is 0.231.